The fourth-order valence-electron chi connectivity index (χ4n) is 2.73. The van der Waals surface area contributed by atoms with E-state index >= 15 is 0 Å². The molecule has 19 heavy (non-hydrogen) atoms. The van der Waals surface area contributed by atoms with E-state index in [0.717, 1.165) is 38.8 Å². The number of aromatic nitrogens is 2. The monoisotopic (exact) mass is 265 g/mol. The van der Waals surface area contributed by atoms with Crippen LogP contribution < -0.4 is 5.32 Å². The van der Waals surface area contributed by atoms with Crippen molar-refractivity contribution in [1.82, 2.24) is 15.1 Å². The molecule has 0 amide bonds. The van der Waals surface area contributed by atoms with E-state index < -0.39 is 0 Å². The Kier molecular flexibility index (Phi) is 5.40. The average Bonchev–Trinajstić information content (AvgIpc) is 2.68. The predicted octanol–water partition coefficient (Wildman–Crippen LogP) is 2.43. The number of hydrogen-bond donors (Lipinski definition) is 1. The zero-order valence-corrected chi connectivity index (χ0v) is 12.5. The summed E-state index contributed by atoms with van der Waals surface area (Å²) in [4.78, 5) is 0. The minimum Gasteiger partial charge on any atom is -0.381 e. The van der Waals surface area contributed by atoms with E-state index in [-0.39, 0.29) is 0 Å². The van der Waals surface area contributed by atoms with Gasteiger partial charge in [0, 0.05) is 37.6 Å². The first-order chi connectivity index (χ1) is 9.22. The van der Waals surface area contributed by atoms with Crippen molar-refractivity contribution in [3.8, 4) is 0 Å². The molecule has 4 nitrogen and oxygen atoms in total. The Morgan fingerprint density at radius 3 is 2.74 bits per heavy atom. The van der Waals surface area contributed by atoms with Crippen LogP contribution in [0, 0.1) is 19.8 Å². The number of ether oxygens (including phenoxy) is 1. The van der Waals surface area contributed by atoms with Gasteiger partial charge in [0.25, 0.3) is 0 Å². The molecule has 0 bridgehead atoms. The Morgan fingerprint density at radius 2 is 2.05 bits per heavy atom. The van der Waals surface area contributed by atoms with Gasteiger partial charge in [-0.3, -0.25) is 4.68 Å². The summed E-state index contributed by atoms with van der Waals surface area (Å²) < 4.78 is 7.63. The van der Waals surface area contributed by atoms with E-state index in [0.29, 0.717) is 0 Å². The molecular formula is C15H27N3O. The van der Waals surface area contributed by atoms with Crippen molar-refractivity contribution < 1.29 is 4.74 Å². The van der Waals surface area contributed by atoms with Gasteiger partial charge in [-0.15, -0.1) is 0 Å². The normalized spacial score (nSPS) is 17.0. The van der Waals surface area contributed by atoms with Gasteiger partial charge in [-0.2, -0.15) is 5.10 Å². The molecule has 1 saturated heterocycles. The SMILES string of the molecule is CCCNCc1c(C)nn(CC2CCOCC2)c1C. The molecule has 2 heterocycles. The molecule has 0 radical (unpaired) electrons. The molecule has 0 aromatic carbocycles. The quantitative estimate of drug-likeness (QED) is 0.803. The van der Waals surface area contributed by atoms with Crippen LogP contribution in [0.5, 0.6) is 0 Å². The van der Waals surface area contributed by atoms with Gasteiger partial charge < -0.3 is 10.1 Å². The highest BCUT2D eigenvalue weighted by atomic mass is 16.5. The molecule has 1 fully saturated rings. The van der Waals surface area contributed by atoms with Crippen LogP contribution in [0.4, 0.5) is 0 Å². The number of nitrogens with zero attached hydrogens (tertiary/aromatic N) is 2. The number of nitrogens with one attached hydrogen (secondary N) is 1. The Hall–Kier alpha value is -0.870. The summed E-state index contributed by atoms with van der Waals surface area (Å²) in [5, 5.41) is 8.20. The molecule has 1 aromatic heterocycles. The smallest absolute Gasteiger partial charge is 0.0641 e. The van der Waals surface area contributed by atoms with Crippen molar-refractivity contribution in [1.29, 1.82) is 0 Å². The van der Waals surface area contributed by atoms with Crippen molar-refractivity contribution in [3.63, 3.8) is 0 Å². The second kappa shape index (κ2) is 7.06. The van der Waals surface area contributed by atoms with E-state index in [1.165, 1.54) is 36.2 Å². The molecule has 0 saturated carbocycles. The molecule has 0 aliphatic carbocycles. The lowest BCUT2D eigenvalue weighted by molar-refractivity contribution is 0.0599. The first-order valence-corrected chi connectivity index (χ1v) is 7.53. The summed E-state index contributed by atoms with van der Waals surface area (Å²) in [6.07, 6.45) is 3.51. The highest BCUT2D eigenvalue weighted by Crippen LogP contribution is 2.20. The van der Waals surface area contributed by atoms with Gasteiger partial charge in [-0.1, -0.05) is 6.92 Å². The van der Waals surface area contributed by atoms with Crippen LogP contribution in [-0.4, -0.2) is 29.5 Å². The Bertz CT molecular complexity index is 394. The topological polar surface area (TPSA) is 39.1 Å². The van der Waals surface area contributed by atoms with Crippen LogP contribution in [0.3, 0.4) is 0 Å². The molecule has 0 unspecified atom stereocenters. The predicted molar refractivity (Wildman–Crippen MR) is 77.2 cm³/mol. The number of hydrogen-bond acceptors (Lipinski definition) is 3. The summed E-state index contributed by atoms with van der Waals surface area (Å²) in [5.74, 6) is 0.725. The van der Waals surface area contributed by atoms with Crippen molar-refractivity contribution in [2.24, 2.45) is 5.92 Å². The fourth-order valence-corrected chi connectivity index (χ4v) is 2.73. The maximum Gasteiger partial charge on any atom is 0.0641 e. The third-order valence-corrected chi connectivity index (χ3v) is 4.03. The van der Waals surface area contributed by atoms with Crippen LogP contribution in [0.2, 0.25) is 0 Å². The molecule has 2 rings (SSSR count). The first-order valence-electron chi connectivity index (χ1n) is 7.53. The lowest BCUT2D eigenvalue weighted by Gasteiger charge is -2.22. The third kappa shape index (κ3) is 3.80. The summed E-state index contributed by atoms with van der Waals surface area (Å²) in [6.45, 7) is 11.4. The lowest BCUT2D eigenvalue weighted by atomic mass is 10.0. The Balaban J connectivity index is 1.98. The van der Waals surface area contributed by atoms with Gasteiger partial charge in [0.1, 0.15) is 0 Å². The fraction of sp³-hybridized carbons (Fsp3) is 0.800. The summed E-state index contributed by atoms with van der Waals surface area (Å²) >= 11 is 0. The molecule has 1 aromatic rings. The zero-order chi connectivity index (χ0) is 13.7. The van der Waals surface area contributed by atoms with Crippen molar-refractivity contribution in [3.05, 3.63) is 17.0 Å². The second-order valence-corrected chi connectivity index (χ2v) is 5.56. The highest BCUT2D eigenvalue weighted by Gasteiger charge is 2.17. The zero-order valence-electron chi connectivity index (χ0n) is 12.5. The molecule has 0 atom stereocenters. The van der Waals surface area contributed by atoms with Gasteiger partial charge in [-0.05, 0) is 45.6 Å². The van der Waals surface area contributed by atoms with Crippen LogP contribution in [0.1, 0.15) is 43.1 Å². The van der Waals surface area contributed by atoms with Gasteiger partial charge in [0.05, 0.1) is 5.69 Å². The summed E-state index contributed by atoms with van der Waals surface area (Å²) in [6, 6.07) is 0. The molecule has 1 N–H and O–H groups in total. The number of rotatable bonds is 6. The van der Waals surface area contributed by atoms with Crippen LogP contribution in [0.25, 0.3) is 0 Å². The summed E-state index contributed by atoms with van der Waals surface area (Å²) in [5.41, 5.74) is 3.88. The van der Waals surface area contributed by atoms with Crippen LogP contribution in [-0.2, 0) is 17.8 Å². The standard InChI is InChI=1S/C15H27N3O/c1-4-7-16-10-15-12(2)17-18(13(15)3)11-14-5-8-19-9-6-14/h14,16H,4-11H2,1-3H3. The van der Waals surface area contributed by atoms with Gasteiger partial charge in [0.2, 0.25) is 0 Å². The Labute approximate surface area is 116 Å². The van der Waals surface area contributed by atoms with Crippen molar-refractivity contribution in [2.45, 2.75) is 53.1 Å². The van der Waals surface area contributed by atoms with Crippen molar-refractivity contribution in [2.75, 3.05) is 19.8 Å². The highest BCUT2D eigenvalue weighted by molar-refractivity contribution is 5.24. The number of aryl methyl sites for hydroxylation is 1. The molecule has 1 aliphatic heterocycles. The van der Waals surface area contributed by atoms with E-state index in [2.05, 4.69) is 30.8 Å². The van der Waals surface area contributed by atoms with E-state index in [9.17, 15) is 0 Å². The Morgan fingerprint density at radius 1 is 1.32 bits per heavy atom. The minimum absolute atomic E-state index is 0.725. The van der Waals surface area contributed by atoms with E-state index in [4.69, 9.17) is 9.84 Å². The molecule has 1 aliphatic rings. The van der Waals surface area contributed by atoms with E-state index in [1.54, 1.807) is 0 Å². The molecular weight excluding hydrogens is 238 g/mol. The molecule has 0 spiro atoms. The minimum atomic E-state index is 0.725. The lowest BCUT2D eigenvalue weighted by Crippen LogP contribution is -2.21. The van der Waals surface area contributed by atoms with Gasteiger partial charge in [-0.25, -0.2) is 0 Å². The largest absolute Gasteiger partial charge is 0.381 e. The van der Waals surface area contributed by atoms with Crippen LogP contribution in [0.15, 0.2) is 0 Å². The van der Waals surface area contributed by atoms with Crippen molar-refractivity contribution >= 4 is 0 Å². The average molecular weight is 265 g/mol. The van der Waals surface area contributed by atoms with Gasteiger partial charge in [0.15, 0.2) is 0 Å². The summed E-state index contributed by atoms with van der Waals surface area (Å²) in [7, 11) is 0. The second-order valence-electron chi connectivity index (χ2n) is 5.56. The van der Waals surface area contributed by atoms with Gasteiger partial charge >= 0.3 is 0 Å². The maximum absolute atomic E-state index is 5.42. The molecule has 108 valence electrons. The third-order valence-electron chi connectivity index (χ3n) is 4.03. The molecule has 4 heteroatoms. The van der Waals surface area contributed by atoms with E-state index in [1.807, 2.05) is 0 Å². The maximum atomic E-state index is 5.42. The van der Waals surface area contributed by atoms with Crippen LogP contribution >= 0.6 is 0 Å². The first kappa shape index (κ1) is 14.5.